The van der Waals surface area contributed by atoms with E-state index in [1.807, 2.05) is 0 Å². The van der Waals surface area contributed by atoms with E-state index >= 15 is 0 Å². The smallest absolute Gasteiger partial charge is 0.416 e. The van der Waals surface area contributed by atoms with E-state index in [4.69, 9.17) is 16.3 Å². The first-order valence-electron chi connectivity index (χ1n) is 11.4. The first-order chi connectivity index (χ1) is 17.3. The number of amides is 2. The normalized spacial score (nSPS) is 13.0. The van der Waals surface area contributed by atoms with Crippen LogP contribution in [0.5, 0.6) is 5.75 Å². The zero-order valence-electron chi connectivity index (χ0n) is 21.9. The van der Waals surface area contributed by atoms with Crippen molar-refractivity contribution >= 4 is 39.1 Å². The van der Waals surface area contributed by atoms with Gasteiger partial charge in [-0.1, -0.05) is 23.7 Å². The number of carbonyl (C=O) groups excluding carboxylic acids is 2. The molecule has 2 aromatic rings. The molecule has 0 aliphatic rings. The van der Waals surface area contributed by atoms with Gasteiger partial charge < -0.3 is 15.0 Å². The number of anilines is 1. The topological polar surface area (TPSA) is 96.0 Å². The Kier molecular flexibility index (Phi) is 9.71. The molecule has 0 saturated heterocycles. The number of sulfonamides is 1. The van der Waals surface area contributed by atoms with Gasteiger partial charge >= 0.3 is 6.18 Å². The molecule has 2 rings (SSSR count). The Morgan fingerprint density at radius 2 is 1.74 bits per heavy atom. The number of rotatable bonds is 9. The fraction of sp³-hybridized carbons (Fsp3) is 0.440. The van der Waals surface area contributed by atoms with E-state index in [1.165, 1.54) is 14.0 Å². The molecule has 0 aliphatic carbocycles. The van der Waals surface area contributed by atoms with Gasteiger partial charge in [-0.05, 0) is 63.6 Å². The molecule has 1 atom stereocenters. The number of hydrogen-bond acceptors (Lipinski definition) is 5. The van der Waals surface area contributed by atoms with Gasteiger partial charge in [-0.2, -0.15) is 13.2 Å². The number of benzene rings is 2. The van der Waals surface area contributed by atoms with Gasteiger partial charge in [0.1, 0.15) is 18.3 Å². The molecule has 1 N–H and O–H groups in total. The van der Waals surface area contributed by atoms with E-state index in [-0.39, 0.29) is 11.6 Å². The van der Waals surface area contributed by atoms with E-state index in [0.717, 1.165) is 17.2 Å². The molecule has 0 unspecified atom stereocenters. The van der Waals surface area contributed by atoms with Gasteiger partial charge in [-0.15, -0.1) is 0 Å². The fourth-order valence-electron chi connectivity index (χ4n) is 3.50. The Morgan fingerprint density at radius 3 is 2.26 bits per heavy atom. The number of nitrogens with zero attached hydrogens (tertiary/aromatic N) is 2. The minimum atomic E-state index is -4.77. The molecule has 0 aliphatic heterocycles. The van der Waals surface area contributed by atoms with Gasteiger partial charge in [0.05, 0.1) is 29.6 Å². The third kappa shape index (κ3) is 8.52. The lowest BCUT2D eigenvalue weighted by atomic mass is 10.1. The van der Waals surface area contributed by atoms with Gasteiger partial charge in [0.25, 0.3) is 0 Å². The lowest BCUT2D eigenvalue weighted by molar-refractivity contribution is -0.140. The van der Waals surface area contributed by atoms with Crippen LogP contribution >= 0.6 is 11.6 Å². The molecule has 2 aromatic carbocycles. The lowest BCUT2D eigenvalue weighted by Gasteiger charge is -2.33. The average molecular weight is 578 g/mol. The number of halogens is 4. The van der Waals surface area contributed by atoms with Gasteiger partial charge in [0.2, 0.25) is 21.8 Å². The summed E-state index contributed by atoms with van der Waals surface area (Å²) in [5, 5.41) is 2.48. The molecule has 0 aromatic heterocycles. The van der Waals surface area contributed by atoms with Crippen LogP contribution in [0.3, 0.4) is 0 Å². The molecule has 8 nitrogen and oxygen atoms in total. The van der Waals surface area contributed by atoms with Crippen molar-refractivity contribution in [1.29, 1.82) is 0 Å². The second-order valence-corrected chi connectivity index (χ2v) is 12.0. The monoisotopic (exact) mass is 577 g/mol. The summed E-state index contributed by atoms with van der Waals surface area (Å²) >= 11 is 6.08. The maximum atomic E-state index is 13.6. The summed E-state index contributed by atoms with van der Waals surface area (Å²) in [5.74, 6) is -0.838. The predicted molar refractivity (Wildman–Crippen MR) is 140 cm³/mol. The molecule has 0 saturated carbocycles. The molecule has 0 bridgehead atoms. The minimum absolute atomic E-state index is 0.108. The average Bonchev–Trinajstić information content (AvgIpc) is 2.78. The van der Waals surface area contributed by atoms with Crippen LogP contribution in [0.1, 0.15) is 38.8 Å². The molecule has 13 heteroatoms. The lowest BCUT2D eigenvalue weighted by Crippen LogP contribution is -2.54. The molecule has 210 valence electrons. The van der Waals surface area contributed by atoms with Crippen molar-refractivity contribution in [2.45, 2.75) is 52.0 Å². The van der Waals surface area contributed by atoms with Crippen LogP contribution in [-0.2, 0) is 32.3 Å². The van der Waals surface area contributed by atoms with Crippen molar-refractivity contribution in [2.75, 3.05) is 24.2 Å². The number of ether oxygens (including phenoxy) is 1. The van der Waals surface area contributed by atoms with Gasteiger partial charge in [0, 0.05) is 12.1 Å². The van der Waals surface area contributed by atoms with Crippen LogP contribution in [0.15, 0.2) is 42.5 Å². The standard InChI is InChI=1S/C25H31ClF3N3O5S/c1-16(23(34)30-24(2,3)4)31(14-17-8-7-9-19(12-17)37-5)22(33)15-32(38(6,35)36)21-13-18(25(27,28)29)10-11-20(21)26/h7-13,16H,14-15H2,1-6H3,(H,30,34)/t16-/m1/s1. The third-order valence-electron chi connectivity index (χ3n) is 5.37. The van der Waals surface area contributed by atoms with Gasteiger partial charge in [-0.3, -0.25) is 13.9 Å². The molecular formula is C25H31ClF3N3O5S. The van der Waals surface area contributed by atoms with Crippen LogP contribution in [0.4, 0.5) is 18.9 Å². The highest BCUT2D eigenvalue weighted by atomic mass is 35.5. The summed E-state index contributed by atoms with van der Waals surface area (Å²) in [4.78, 5) is 27.7. The number of methoxy groups -OCH3 is 1. The molecule has 0 radical (unpaired) electrons. The van der Waals surface area contributed by atoms with Gasteiger partial charge in [0.15, 0.2) is 0 Å². The van der Waals surface area contributed by atoms with E-state index in [9.17, 15) is 31.2 Å². The van der Waals surface area contributed by atoms with E-state index in [2.05, 4.69) is 5.32 Å². The van der Waals surface area contributed by atoms with Crippen molar-refractivity contribution in [2.24, 2.45) is 0 Å². The summed E-state index contributed by atoms with van der Waals surface area (Å²) in [6, 6.07) is 7.83. The Balaban J connectivity index is 2.53. The Labute approximate surface area is 225 Å². The summed E-state index contributed by atoms with van der Waals surface area (Å²) in [7, 11) is -2.81. The number of hydrogen-bond donors (Lipinski definition) is 1. The maximum Gasteiger partial charge on any atom is 0.416 e. The van der Waals surface area contributed by atoms with Crippen LogP contribution in [0.25, 0.3) is 0 Å². The molecular weight excluding hydrogens is 547 g/mol. The maximum absolute atomic E-state index is 13.6. The van der Waals surface area contributed by atoms with Crippen molar-refractivity contribution in [1.82, 2.24) is 10.2 Å². The van der Waals surface area contributed by atoms with Crippen molar-refractivity contribution in [3.8, 4) is 5.75 Å². The molecule has 2 amide bonds. The largest absolute Gasteiger partial charge is 0.497 e. The Bertz CT molecular complexity index is 1280. The highest BCUT2D eigenvalue weighted by Gasteiger charge is 2.35. The van der Waals surface area contributed by atoms with Crippen molar-refractivity contribution < 1.29 is 35.9 Å². The Morgan fingerprint density at radius 1 is 1.11 bits per heavy atom. The van der Waals surface area contributed by atoms with Crippen LogP contribution in [0.2, 0.25) is 5.02 Å². The van der Waals surface area contributed by atoms with Gasteiger partial charge in [-0.25, -0.2) is 8.42 Å². The quantitative estimate of drug-likeness (QED) is 0.475. The number of alkyl halides is 3. The summed E-state index contributed by atoms with van der Waals surface area (Å²) in [5.41, 5.74) is -1.69. The summed E-state index contributed by atoms with van der Waals surface area (Å²) in [6.07, 6.45) is -4.02. The molecule has 0 fully saturated rings. The first-order valence-corrected chi connectivity index (χ1v) is 13.6. The zero-order valence-corrected chi connectivity index (χ0v) is 23.5. The zero-order chi connectivity index (χ0) is 29.1. The Hall–Kier alpha value is -2.99. The van der Waals surface area contributed by atoms with E-state index in [1.54, 1.807) is 45.0 Å². The van der Waals surface area contributed by atoms with Crippen molar-refractivity contribution in [3.05, 3.63) is 58.6 Å². The first kappa shape index (κ1) is 31.2. The number of nitrogens with one attached hydrogen (secondary N) is 1. The van der Waals surface area contributed by atoms with E-state index in [0.29, 0.717) is 27.8 Å². The second-order valence-electron chi connectivity index (χ2n) is 9.72. The highest BCUT2D eigenvalue weighted by Crippen LogP contribution is 2.36. The third-order valence-corrected chi connectivity index (χ3v) is 6.82. The minimum Gasteiger partial charge on any atom is -0.497 e. The summed E-state index contributed by atoms with van der Waals surface area (Å²) < 4.78 is 71.1. The van der Waals surface area contributed by atoms with Crippen molar-refractivity contribution in [3.63, 3.8) is 0 Å². The van der Waals surface area contributed by atoms with E-state index < -0.39 is 57.4 Å². The molecule has 0 spiro atoms. The van der Waals surface area contributed by atoms with Crippen LogP contribution in [-0.4, -0.2) is 56.6 Å². The van der Waals surface area contributed by atoms with Crippen LogP contribution < -0.4 is 14.4 Å². The SMILES string of the molecule is COc1cccc(CN(C(=O)CN(c2cc(C(F)(F)F)ccc2Cl)S(C)(=O)=O)[C@H](C)C(=O)NC(C)(C)C)c1. The predicted octanol–water partition coefficient (Wildman–Crippen LogP) is 4.47. The van der Waals surface area contributed by atoms with Crippen LogP contribution in [0, 0.1) is 0 Å². The molecule has 0 heterocycles. The second kappa shape index (κ2) is 11.8. The highest BCUT2D eigenvalue weighted by molar-refractivity contribution is 7.92. The fourth-order valence-corrected chi connectivity index (χ4v) is 4.62. The molecule has 38 heavy (non-hydrogen) atoms. The summed E-state index contributed by atoms with van der Waals surface area (Å²) in [6.45, 7) is 5.74. The number of carbonyl (C=O) groups is 2.